The van der Waals surface area contributed by atoms with E-state index in [0.29, 0.717) is 23.9 Å². The van der Waals surface area contributed by atoms with Crippen molar-refractivity contribution in [3.05, 3.63) is 41.8 Å². The van der Waals surface area contributed by atoms with Crippen LogP contribution < -0.4 is 0 Å². The van der Waals surface area contributed by atoms with Crippen LogP contribution in [0.2, 0.25) is 0 Å². The average molecular weight is 290 g/mol. The fourth-order valence-corrected chi connectivity index (χ4v) is 1.81. The third kappa shape index (κ3) is 3.85. The Balaban J connectivity index is 2.00. The first-order valence-corrected chi connectivity index (χ1v) is 6.71. The van der Waals surface area contributed by atoms with Gasteiger partial charge >= 0.3 is 0 Å². The van der Waals surface area contributed by atoms with Crippen molar-refractivity contribution in [2.24, 2.45) is 0 Å². The summed E-state index contributed by atoms with van der Waals surface area (Å²) in [5.74, 6) is 0.730. The van der Waals surface area contributed by atoms with Crippen molar-refractivity contribution in [3.8, 4) is 0 Å². The van der Waals surface area contributed by atoms with Gasteiger partial charge in [0.05, 0.1) is 6.54 Å². The van der Waals surface area contributed by atoms with E-state index in [-0.39, 0.29) is 18.6 Å². The van der Waals surface area contributed by atoms with Gasteiger partial charge in [-0.3, -0.25) is 9.78 Å². The van der Waals surface area contributed by atoms with E-state index >= 15 is 0 Å². The first-order valence-electron chi connectivity index (χ1n) is 6.71. The highest BCUT2D eigenvalue weighted by molar-refractivity contribution is 5.93. The molecule has 0 aliphatic heterocycles. The summed E-state index contributed by atoms with van der Waals surface area (Å²) in [4.78, 5) is 21.8. The smallest absolute Gasteiger partial charge is 0.254 e. The zero-order valence-electron chi connectivity index (χ0n) is 12.3. The lowest BCUT2D eigenvalue weighted by molar-refractivity contribution is 0.0682. The van der Waals surface area contributed by atoms with Crippen molar-refractivity contribution in [3.63, 3.8) is 0 Å². The Hall–Kier alpha value is -2.28. The second-order valence-corrected chi connectivity index (χ2v) is 4.54. The Morgan fingerprint density at radius 2 is 2.14 bits per heavy atom. The molecule has 0 N–H and O–H groups in total. The lowest BCUT2D eigenvalue weighted by Gasteiger charge is -2.14. The van der Waals surface area contributed by atoms with Crippen molar-refractivity contribution in [2.45, 2.75) is 26.5 Å². The van der Waals surface area contributed by atoms with E-state index in [9.17, 15) is 4.79 Å². The molecule has 2 heterocycles. The Morgan fingerprint density at radius 3 is 2.81 bits per heavy atom. The highest BCUT2D eigenvalue weighted by Gasteiger charge is 2.17. The maximum absolute atomic E-state index is 12.2. The SMILES string of the molecule is CCO[C@H](C)c1noc(CN(C)C(=O)c2ccncc2)n1. The van der Waals surface area contributed by atoms with Crippen molar-refractivity contribution >= 4 is 5.91 Å². The second kappa shape index (κ2) is 6.94. The number of carbonyl (C=O) groups excluding carboxylic acids is 1. The minimum atomic E-state index is -0.228. The maximum Gasteiger partial charge on any atom is 0.254 e. The molecule has 0 saturated carbocycles. The molecule has 1 amide bonds. The monoisotopic (exact) mass is 290 g/mol. The quantitative estimate of drug-likeness (QED) is 0.807. The normalized spacial score (nSPS) is 12.1. The molecule has 2 rings (SSSR count). The Morgan fingerprint density at radius 1 is 1.43 bits per heavy atom. The predicted octanol–water partition coefficient (Wildman–Crippen LogP) is 1.83. The number of hydrogen-bond acceptors (Lipinski definition) is 6. The topological polar surface area (TPSA) is 81.4 Å². The summed E-state index contributed by atoms with van der Waals surface area (Å²) in [6.07, 6.45) is 2.93. The number of hydrogen-bond donors (Lipinski definition) is 0. The molecule has 0 saturated heterocycles. The van der Waals surface area contributed by atoms with Crippen LogP contribution in [0.15, 0.2) is 29.0 Å². The fourth-order valence-electron chi connectivity index (χ4n) is 1.81. The van der Waals surface area contributed by atoms with Crippen LogP contribution in [-0.4, -0.2) is 39.6 Å². The Labute approximate surface area is 122 Å². The number of nitrogens with zero attached hydrogens (tertiary/aromatic N) is 4. The van der Waals surface area contributed by atoms with Gasteiger partial charge in [-0.25, -0.2) is 0 Å². The Bertz CT molecular complexity index is 585. The summed E-state index contributed by atoms with van der Waals surface area (Å²) < 4.78 is 10.5. The number of pyridine rings is 1. The van der Waals surface area contributed by atoms with Gasteiger partial charge in [-0.05, 0) is 26.0 Å². The standard InChI is InChI=1S/C14H18N4O3/c1-4-20-10(2)13-16-12(21-17-13)9-18(3)14(19)11-5-7-15-8-6-11/h5-8,10H,4,9H2,1-3H3/t10-/m1/s1. The Kier molecular flexibility index (Phi) is 4.99. The van der Waals surface area contributed by atoms with Gasteiger partial charge in [-0.2, -0.15) is 4.98 Å². The predicted molar refractivity (Wildman–Crippen MR) is 74.4 cm³/mol. The molecule has 2 aromatic rings. The third-order valence-electron chi connectivity index (χ3n) is 2.91. The van der Waals surface area contributed by atoms with Crippen molar-refractivity contribution < 1.29 is 14.1 Å². The van der Waals surface area contributed by atoms with Crippen LogP contribution in [0.25, 0.3) is 0 Å². The van der Waals surface area contributed by atoms with Crippen LogP contribution in [0.5, 0.6) is 0 Å². The number of ether oxygens (including phenoxy) is 1. The molecule has 1 atom stereocenters. The van der Waals surface area contributed by atoms with E-state index in [2.05, 4.69) is 15.1 Å². The molecular formula is C14H18N4O3. The highest BCUT2D eigenvalue weighted by atomic mass is 16.5. The summed E-state index contributed by atoms with van der Waals surface area (Å²) in [5.41, 5.74) is 0.565. The van der Waals surface area contributed by atoms with Gasteiger partial charge in [0, 0.05) is 31.6 Å². The molecule has 0 radical (unpaired) electrons. The zero-order valence-corrected chi connectivity index (χ0v) is 12.3. The molecule has 7 nitrogen and oxygen atoms in total. The van der Waals surface area contributed by atoms with E-state index in [0.717, 1.165) is 0 Å². The van der Waals surface area contributed by atoms with E-state index in [1.54, 1.807) is 31.6 Å². The van der Waals surface area contributed by atoms with Crippen molar-refractivity contribution in [2.75, 3.05) is 13.7 Å². The number of rotatable bonds is 6. The minimum Gasteiger partial charge on any atom is -0.371 e. The molecule has 0 aromatic carbocycles. The summed E-state index contributed by atoms with van der Waals surface area (Å²) in [6.45, 7) is 4.57. The second-order valence-electron chi connectivity index (χ2n) is 4.54. The number of amides is 1. The van der Waals surface area contributed by atoms with Crippen molar-refractivity contribution in [1.82, 2.24) is 20.0 Å². The van der Waals surface area contributed by atoms with Crippen LogP contribution in [-0.2, 0) is 11.3 Å². The van der Waals surface area contributed by atoms with Crippen molar-refractivity contribution in [1.29, 1.82) is 0 Å². The largest absolute Gasteiger partial charge is 0.371 e. The molecule has 0 spiro atoms. The summed E-state index contributed by atoms with van der Waals surface area (Å²) in [5, 5.41) is 3.86. The molecule has 0 unspecified atom stereocenters. The van der Waals surface area contributed by atoms with Gasteiger partial charge < -0.3 is 14.2 Å². The van der Waals surface area contributed by atoms with Crippen LogP contribution >= 0.6 is 0 Å². The van der Waals surface area contributed by atoms with E-state index in [1.807, 2.05) is 13.8 Å². The summed E-state index contributed by atoms with van der Waals surface area (Å²) in [7, 11) is 1.68. The van der Waals surface area contributed by atoms with Gasteiger partial charge in [0.1, 0.15) is 6.10 Å². The first kappa shape index (κ1) is 15.1. The lowest BCUT2D eigenvalue weighted by atomic mass is 10.2. The van der Waals surface area contributed by atoms with Crippen LogP contribution in [0.3, 0.4) is 0 Å². The highest BCUT2D eigenvalue weighted by Crippen LogP contribution is 2.14. The van der Waals surface area contributed by atoms with Gasteiger partial charge in [0.15, 0.2) is 5.82 Å². The summed E-state index contributed by atoms with van der Waals surface area (Å²) >= 11 is 0. The summed E-state index contributed by atoms with van der Waals surface area (Å²) in [6, 6.07) is 3.32. The fraction of sp³-hybridized carbons (Fsp3) is 0.429. The number of aromatic nitrogens is 3. The average Bonchev–Trinajstić information content (AvgIpc) is 2.96. The van der Waals surface area contributed by atoms with Crippen LogP contribution in [0, 0.1) is 0 Å². The minimum absolute atomic E-state index is 0.130. The van der Waals surface area contributed by atoms with E-state index in [1.165, 1.54) is 4.90 Å². The molecule has 2 aromatic heterocycles. The molecule has 21 heavy (non-hydrogen) atoms. The molecule has 0 aliphatic carbocycles. The zero-order chi connectivity index (χ0) is 15.2. The molecule has 0 bridgehead atoms. The van der Waals surface area contributed by atoms with Gasteiger partial charge in [-0.1, -0.05) is 5.16 Å². The molecule has 7 heteroatoms. The molecule has 0 fully saturated rings. The maximum atomic E-state index is 12.2. The van der Waals surface area contributed by atoms with Crippen LogP contribution in [0.1, 0.15) is 42.0 Å². The molecule has 0 aliphatic rings. The first-order chi connectivity index (χ1) is 10.1. The van der Waals surface area contributed by atoms with Crippen LogP contribution in [0.4, 0.5) is 0 Å². The van der Waals surface area contributed by atoms with E-state index in [4.69, 9.17) is 9.26 Å². The number of carbonyl (C=O) groups is 1. The van der Waals surface area contributed by atoms with E-state index < -0.39 is 0 Å². The molecular weight excluding hydrogens is 272 g/mol. The van der Waals surface area contributed by atoms with Gasteiger partial charge in [0.2, 0.25) is 5.89 Å². The van der Waals surface area contributed by atoms with Gasteiger partial charge in [0.25, 0.3) is 5.91 Å². The third-order valence-corrected chi connectivity index (χ3v) is 2.91. The molecule has 112 valence electrons. The van der Waals surface area contributed by atoms with Gasteiger partial charge in [-0.15, -0.1) is 0 Å². The lowest BCUT2D eigenvalue weighted by Crippen LogP contribution is -2.26.